The summed E-state index contributed by atoms with van der Waals surface area (Å²) in [4.78, 5) is 4.92. The molecular formula is C28H25BrN4O. The van der Waals surface area contributed by atoms with E-state index in [2.05, 4.69) is 69.1 Å². The molecule has 2 heterocycles. The van der Waals surface area contributed by atoms with Gasteiger partial charge in [-0.3, -0.25) is 4.90 Å². The van der Waals surface area contributed by atoms with Crippen molar-refractivity contribution in [2.45, 2.75) is 25.4 Å². The summed E-state index contributed by atoms with van der Waals surface area (Å²) in [6.45, 7) is 5.29. The van der Waals surface area contributed by atoms with E-state index < -0.39 is 0 Å². The number of halogens is 1. The summed E-state index contributed by atoms with van der Waals surface area (Å²) in [7, 11) is 0. The summed E-state index contributed by atoms with van der Waals surface area (Å²) in [5.74, 6) is 0.823. The van der Waals surface area contributed by atoms with E-state index in [4.69, 9.17) is 4.74 Å². The van der Waals surface area contributed by atoms with Crippen LogP contribution < -0.4 is 9.64 Å². The zero-order valence-corrected chi connectivity index (χ0v) is 20.6. The van der Waals surface area contributed by atoms with Crippen LogP contribution in [0.1, 0.15) is 46.3 Å². The summed E-state index contributed by atoms with van der Waals surface area (Å²) in [6, 6.07) is 25.4. The maximum Gasteiger partial charge on any atom is 0.125 e. The molecule has 0 aliphatic carbocycles. The van der Waals surface area contributed by atoms with Gasteiger partial charge in [-0.05, 0) is 42.8 Å². The Morgan fingerprint density at radius 1 is 0.941 bits per heavy atom. The van der Waals surface area contributed by atoms with E-state index in [1.54, 1.807) is 0 Å². The van der Waals surface area contributed by atoms with Crippen molar-refractivity contribution in [2.24, 2.45) is 0 Å². The Morgan fingerprint density at radius 2 is 1.76 bits per heavy atom. The van der Waals surface area contributed by atoms with Crippen LogP contribution in [0.25, 0.3) is 0 Å². The largest absolute Gasteiger partial charge is 0.493 e. The Kier molecular flexibility index (Phi) is 6.28. The van der Waals surface area contributed by atoms with Gasteiger partial charge in [-0.2, -0.15) is 10.5 Å². The van der Waals surface area contributed by atoms with Gasteiger partial charge in [0, 0.05) is 42.1 Å². The fourth-order valence-electron chi connectivity index (χ4n) is 5.12. The number of ether oxygens (including phenoxy) is 1. The quantitative estimate of drug-likeness (QED) is 0.437. The van der Waals surface area contributed by atoms with E-state index >= 15 is 0 Å². The van der Waals surface area contributed by atoms with Crippen LogP contribution in [0.5, 0.6) is 5.75 Å². The zero-order chi connectivity index (χ0) is 23.7. The minimum Gasteiger partial charge on any atom is -0.493 e. The van der Waals surface area contributed by atoms with Crippen molar-refractivity contribution in [3.05, 3.63) is 93.0 Å². The zero-order valence-electron chi connectivity index (χ0n) is 19.0. The summed E-state index contributed by atoms with van der Waals surface area (Å²) >= 11 is 3.51. The topological polar surface area (TPSA) is 63.3 Å². The van der Waals surface area contributed by atoms with Gasteiger partial charge in [-0.25, -0.2) is 0 Å². The van der Waals surface area contributed by atoms with Crippen LogP contribution in [-0.4, -0.2) is 31.1 Å². The van der Waals surface area contributed by atoms with Crippen molar-refractivity contribution in [3.63, 3.8) is 0 Å². The van der Waals surface area contributed by atoms with Crippen LogP contribution in [0, 0.1) is 29.6 Å². The number of anilines is 1. The molecule has 0 amide bonds. The third kappa shape index (κ3) is 4.28. The molecule has 2 atom stereocenters. The lowest BCUT2D eigenvalue weighted by Gasteiger charge is -2.47. The first kappa shape index (κ1) is 22.5. The van der Waals surface area contributed by atoms with Crippen LogP contribution in [0.2, 0.25) is 0 Å². The molecule has 170 valence electrons. The predicted molar refractivity (Wildman–Crippen MR) is 136 cm³/mol. The number of nitrogens with zero attached hydrogens (tertiary/aromatic N) is 4. The number of piperazine rings is 1. The van der Waals surface area contributed by atoms with Crippen molar-refractivity contribution in [1.29, 1.82) is 10.5 Å². The lowest BCUT2D eigenvalue weighted by atomic mass is 9.93. The highest BCUT2D eigenvalue weighted by atomic mass is 79.9. The molecule has 34 heavy (non-hydrogen) atoms. The van der Waals surface area contributed by atoms with Crippen LogP contribution >= 0.6 is 15.9 Å². The summed E-state index contributed by atoms with van der Waals surface area (Å²) in [5.41, 5.74) is 5.91. The highest BCUT2D eigenvalue weighted by Gasteiger charge is 2.35. The highest BCUT2D eigenvalue weighted by Crippen LogP contribution is 2.41. The first-order valence-corrected chi connectivity index (χ1v) is 12.3. The molecule has 1 saturated heterocycles. The second-order valence-electron chi connectivity index (χ2n) is 8.91. The van der Waals surface area contributed by atoms with Gasteiger partial charge in [-0.1, -0.05) is 51.8 Å². The molecular weight excluding hydrogens is 488 g/mol. The van der Waals surface area contributed by atoms with Crippen molar-refractivity contribution in [3.8, 4) is 17.9 Å². The van der Waals surface area contributed by atoms with Gasteiger partial charge >= 0.3 is 0 Å². The molecule has 0 saturated carbocycles. The Bertz CT molecular complexity index is 1290. The highest BCUT2D eigenvalue weighted by molar-refractivity contribution is 9.10. The Labute approximate surface area is 208 Å². The lowest BCUT2D eigenvalue weighted by molar-refractivity contribution is 0.117. The third-order valence-corrected chi connectivity index (χ3v) is 7.35. The van der Waals surface area contributed by atoms with Crippen molar-refractivity contribution in [1.82, 2.24) is 4.90 Å². The maximum atomic E-state index is 9.83. The minimum atomic E-state index is 0.118. The molecule has 0 unspecified atom stereocenters. The molecule has 0 aromatic heterocycles. The lowest BCUT2D eigenvalue weighted by Crippen LogP contribution is -2.50. The van der Waals surface area contributed by atoms with Gasteiger partial charge in [0.15, 0.2) is 0 Å². The van der Waals surface area contributed by atoms with E-state index in [0.717, 1.165) is 47.5 Å². The van der Waals surface area contributed by atoms with Crippen LogP contribution in [-0.2, 0) is 0 Å². The molecule has 0 radical (unpaired) electrons. The number of rotatable bonds is 3. The van der Waals surface area contributed by atoms with E-state index in [0.29, 0.717) is 17.7 Å². The second-order valence-corrected chi connectivity index (χ2v) is 9.82. The van der Waals surface area contributed by atoms with E-state index in [1.807, 2.05) is 36.4 Å². The van der Waals surface area contributed by atoms with Gasteiger partial charge in [0.1, 0.15) is 11.8 Å². The van der Waals surface area contributed by atoms with Crippen LogP contribution in [0.3, 0.4) is 0 Å². The predicted octanol–water partition coefficient (Wildman–Crippen LogP) is 5.89. The van der Waals surface area contributed by atoms with Gasteiger partial charge in [-0.15, -0.1) is 0 Å². The van der Waals surface area contributed by atoms with Crippen molar-refractivity contribution in [2.75, 3.05) is 31.1 Å². The molecule has 5 nitrogen and oxygen atoms in total. The smallest absolute Gasteiger partial charge is 0.125 e. The van der Waals surface area contributed by atoms with Gasteiger partial charge in [0.05, 0.1) is 35.5 Å². The van der Waals surface area contributed by atoms with Crippen LogP contribution in [0.15, 0.2) is 65.1 Å². The standard InChI is InChI=1S/C28H25BrN4O/c1-19-2-5-21(6-3-19)27-18-32(11-12-33(27)25-9-7-23(29)15-22(25)17-31)26-10-13-34-28-14-20(16-30)4-8-24(26)28/h2-9,14-15,26-27H,10-13,18H2,1H3/t26-,27-/m0/s1. The van der Waals surface area contributed by atoms with Gasteiger partial charge in [0.25, 0.3) is 0 Å². The molecule has 0 spiro atoms. The number of hydrogen-bond donors (Lipinski definition) is 0. The summed E-state index contributed by atoms with van der Waals surface area (Å²) in [5, 5.41) is 19.1. The Hall–Kier alpha value is -3.32. The van der Waals surface area contributed by atoms with Crippen molar-refractivity contribution >= 4 is 21.6 Å². The van der Waals surface area contributed by atoms with E-state index in [-0.39, 0.29) is 12.1 Å². The first-order valence-electron chi connectivity index (χ1n) is 11.5. The average Bonchev–Trinajstić information content (AvgIpc) is 2.88. The maximum absolute atomic E-state index is 9.83. The SMILES string of the molecule is Cc1ccc([C@@H]2CN([C@H]3CCOc4cc(C#N)ccc43)CCN2c2ccc(Br)cc2C#N)cc1. The normalized spacial score (nSPS) is 20.1. The van der Waals surface area contributed by atoms with Crippen molar-refractivity contribution < 1.29 is 4.74 Å². The Balaban J connectivity index is 1.51. The molecule has 3 aromatic carbocycles. The third-order valence-electron chi connectivity index (χ3n) is 6.85. The van der Waals surface area contributed by atoms with E-state index in [1.165, 1.54) is 11.1 Å². The molecule has 2 aliphatic rings. The minimum absolute atomic E-state index is 0.118. The fraction of sp³-hybridized carbons (Fsp3) is 0.286. The fourth-order valence-corrected chi connectivity index (χ4v) is 5.48. The molecule has 1 fully saturated rings. The van der Waals surface area contributed by atoms with Gasteiger partial charge < -0.3 is 9.64 Å². The number of hydrogen-bond acceptors (Lipinski definition) is 5. The monoisotopic (exact) mass is 512 g/mol. The molecule has 0 N–H and O–H groups in total. The molecule has 3 aromatic rings. The Morgan fingerprint density at radius 3 is 2.53 bits per heavy atom. The summed E-state index contributed by atoms with van der Waals surface area (Å²) in [6.07, 6.45) is 0.918. The molecule has 2 aliphatic heterocycles. The second kappa shape index (κ2) is 9.50. The molecule has 5 rings (SSSR count). The van der Waals surface area contributed by atoms with Crippen LogP contribution in [0.4, 0.5) is 5.69 Å². The number of fused-ring (bicyclic) bond motifs is 1. The molecule has 6 heteroatoms. The number of benzene rings is 3. The first-order chi connectivity index (χ1) is 16.6. The van der Waals surface area contributed by atoms with Gasteiger partial charge in [0.2, 0.25) is 0 Å². The number of nitriles is 2. The van der Waals surface area contributed by atoms with E-state index in [9.17, 15) is 10.5 Å². The average molecular weight is 513 g/mol. The number of aryl methyl sites for hydroxylation is 1. The molecule has 0 bridgehead atoms. The summed E-state index contributed by atoms with van der Waals surface area (Å²) < 4.78 is 6.83.